The van der Waals surface area contributed by atoms with Crippen molar-refractivity contribution >= 4 is 10.8 Å². The molecule has 14 heavy (non-hydrogen) atoms. The van der Waals surface area contributed by atoms with Crippen LogP contribution in [0.1, 0.15) is 0 Å². The van der Waals surface area contributed by atoms with E-state index in [4.69, 9.17) is 5.84 Å². The molecule has 0 spiro atoms. The first kappa shape index (κ1) is 8.55. The van der Waals surface area contributed by atoms with Gasteiger partial charge in [-0.3, -0.25) is 9.59 Å². The first-order chi connectivity index (χ1) is 6.63. The molecular formula is C9H9N3O2. The number of aromatic nitrogens is 2. The molecule has 5 nitrogen and oxygen atoms in total. The predicted molar refractivity (Wildman–Crippen MR) is 53.6 cm³/mol. The summed E-state index contributed by atoms with van der Waals surface area (Å²) in [5.74, 6) is 5.42. The zero-order valence-corrected chi connectivity index (χ0v) is 7.60. The van der Waals surface area contributed by atoms with E-state index in [1.54, 1.807) is 24.3 Å². The number of nitrogens with two attached hydrogens (primary N) is 1. The van der Waals surface area contributed by atoms with Crippen molar-refractivity contribution in [2.75, 3.05) is 5.84 Å². The fraction of sp³-hybridized carbons (Fsp3) is 0.111. The second-order valence-electron chi connectivity index (χ2n) is 3.02. The van der Waals surface area contributed by atoms with Gasteiger partial charge < -0.3 is 5.84 Å². The van der Waals surface area contributed by atoms with E-state index in [2.05, 4.69) is 0 Å². The Morgan fingerprint density at radius 3 is 2.14 bits per heavy atom. The van der Waals surface area contributed by atoms with E-state index in [-0.39, 0.29) is 11.1 Å². The van der Waals surface area contributed by atoms with Crippen LogP contribution in [0.3, 0.4) is 0 Å². The number of benzene rings is 1. The van der Waals surface area contributed by atoms with E-state index in [0.29, 0.717) is 10.8 Å². The first-order valence-electron chi connectivity index (χ1n) is 4.09. The van der Waals surface area contributed by atoms with Crippen molar-refractivity contribution in [3.8, 4) is 0 Å². The van der Waals surface area contributed by atoms with Crippen LogP contribution in [0.4, 0.5) is 0 Å². The molecule has 0 unspecified atom stereocenters. The highest BCUT2D eigenvalue weighted by Crippen LogP contribution is 2.01. The third-order valence-corrected chi connectivity index (χ3v) is 2.21. The van der Waals surface area contributed by atoms with Crippen LogP contribution in [-0.2, 0) is 7.05 Å². The molecule has 1 heterocycles. The highest BCUT2D eigenvalue weighted by atomic mass is 16.2. The zero-order chi connectivity index (χ0) is 10.3. The van der Waals surface area contributed by atoms with E-state index in [0.717, 1.165) is 9.47 Å². The van der Waals surface area contributed by atoms with E-state index >= 15 is 0 Å². The summed E-state index contributed by atoms with van der Waals surface area (Å²) >= 11 is 0. The van der Waals surface area contributed by atoms with Gasteiger partial charge in [0.15, 0.2) is 0 Å². The predicted octanol–water partition coefficient (Wildman–Crippen LogP) is -0.586. The van der Waals surface area contributed by atoms with Gasteiger partial charge in [0.25, 0.3) is 11.1 Å². The summed E-state index contributed by atoms with van der Waals surface area (Å²) in [6.07, 6.45) is 0. The Kier molecular flexibility index (Phi) is 1.67. The van der Waals surface area contributed by atoms with E-state index in [1.807, 2.05) is 0 Å². The molecule has 5 heteroatoms. The number of hydrogen-bond acceptors (Lipinski definition) is 3. The Morgan fingerprint density at radius 1 is 1.07 bits per heavy atom. The van der Waals surface area contributed by atoms with Gasteiger partial charge in [-0.15, -0.1) is 0 Å². The molecule has 2 N–H and O–H groups in total. The standard InChI is InChI=1S/C9H9N3O2/c1-11-8(13)6-4-2-3-5-7(6)9(14)12(11)10/h2-5H,10H2,1H3. The van der Waals surface area contributed by atoms with Crippen LogP contribution in [0.15, 0.2) is 33.9 Å². The largest absolute Gasteiger partial charge is 0.321 e. The lowest BCUT2D eigenvalue weighted by Gasteiger charge is -2.06. The monoisotopic (exact) mass is 191 g/mol. The van der Waals surface area contributed by atoms with Crippen molar-refractivity contribution in [1.29, 1.82) is 0 Å². The van der Waals surface area contributed by atoms with E-state index in [1.165, 1.54) is 7.05 Å². The van der Waals surface area contributed by atoms with Gasteiger partial charge in [0.2, 0.25) is 0 Å². The van der Waals surface area contributed by atoms with Crippen molar-refractivity contribution in [1.82, 2.24) is 9.47 Å². The average molecular weight is 191 g/mol. The van der Waals surface area contributed by atoms with Gasteiger partial charge in [0.05, 0.1) is 10.8 Å². The minimum Gasteiger partial charge on any atom is -0.321 e. The molecule has 72 valence electrons. The maximum Gasteiger partial charge on any atom is 0.292 e. The number of rotatable bonds is 0. The number of nitrogens with zero attached hydrogens (tertiary/aromatic N) is 2. The third-order valence-electron chi connectivity index (χ3n) is 2.21. The van der Waals surface area contributed by atoms with E-state index in [9.17, 15) is 9.59 Å². The van der Waals surface area contributed by atoms with Crippen molar-refractivity contribution < 1.29 is 0 Å². The molecule has 1 aromatic heterocycles. The zero-order valence-electron chi connectivity index (χ0n) is 7.60. The van der Waals surface area contributed by atoms with Crippen LogP contribution in [-0.4, -0.2) is 9.47 Å². The Hall–Kier alpha value is -2.04. The minimum absolute atomic E-state index is 0.275. The van der Waals surface area contributed by atoms with Gasteiger partial charge >= 0.3 is 0 Å². The molecule has 0 saturated carbocycles. The van der Waals surface area contributed by atoms with Crippen molar-refractivity contribution in [3.05, 3.63) is 45.0 Å². The number of nitrogen functional groups attached to an aromatic ring is 1. The SMILES string of the molecule is Cn1c(=O)c2ccccc2c(=O)n1N. The Morgan fingerprint density at radius 2 is 1.57 bits per heavy atom. The molecule has 0 aliphatic carbocycles. The Balaban J connectivity index is 3.19. The van der Waals surface area contributed by atoms with Gasteiger partial charge in [-0.25, -0.2) is 4.68 Å². The molecule has 0 aliphatic heterocycles. The van der Waals surface area contributed by atoms with Crippen molar-refractivity contribution in [3.63, 3.8) is 0 Å². The molecule has 2 aromatic rings. The van der Waals surface area contributed by atoms with Crippen LogP contribution in [0.25, 0.3) is 10.8 Å². The molecule has 0 bridgehead atoms. The fourth-order valence-corrected chi connectivity index (χ4v) is 1.39. The molecule has 2 rings (SSSR count). The van der Waals surface area contributed by atoms with Crippen LogP contribution >= 0.6 is 0 Å². The summed E-state index contributed by atoms with van der Waals surface area (Å²) in [6, 6.07) is 6.61. The summed E-state index contributed by atoms with van der Waals surface area (Å²) in [4.78, 5) is 24.0. The van der Waals surface area contributed by atoms with Crippen LogP contribution in [0.2, 0.25) is 0 Å². The molecule has 0 aliphatic rings. The van der Waals surface area contributed by atoms with Crippen molar-refractivity contribution in [2.24, 2.45) is 7.05 Å². The molecule has 1 aromatic carbocycles. The lowest BCUT2D eigenvalue weighted by atomic mass is 10.2. The molecule has 0 fully saturated rings. The average Bonchev–Trinajstić information content (AvgIpc) is 2.23. The van der Waals surface area contributed by atoms with Crippen LogP contribution in [0.5, 0.6) is 0 Å². The third kappa shape index (κ3) is 0.953. The molecule has 0 saturated heterocycles. The maximum absolute atomic E-state index is 11.6. The molecular weight excluding hydrogens is 182 g/mol. The molecule has 0 radical (unpaired) electrons. The Labute approximate surface area is 78.9 Å². The summed E-state index contributed by atoms with van der Waals surface area (Å²) < 4.78 is 1.09. The highest BCUT2D eigenvalue weighted by Gasteiger charge is 2.06. The van der Waals surface area contributed by atoms with Crippen LogP contribution < -0.4 is 17.0 Å². The lowest BCUT2D eigenvalue weighted by Crippen LogP contribution is -2.41. The topological polar surface area (TPSA) is 70.0 Å². The first-order valence-corrected chi connectivity index (χ1v) is 4.09. The summed E-state index contributed by atoms with van der Waals surface area (Å²) in [6.45, 7) is 0. The second kappa shape index (κ2) is 2.73. The van der Waals surface area contributed by atoms with Gasteiger partial charge in [0.1, 0.15) is 0 Å². The van der Waals surface area contributed by atoms with E-state index < -0.39 is 0 Å². The van der Waals surface area contributed by atoms with Crippen molar-refractivity contribution in [2.45, 2.75) is 0 Å². The summed E-state index contributed by atoms with van der Waals surface area (Å²) in [7, 11) is 1.45. The minimum atomic E-state index is -0.372. The quantitative estimate of drug-likeness (QED) is 0.566. The number of hydrogen-bond donors (Lipinski definition) is 1. The van der Waals surface area contributed by atoms with Crippen LogP contribution in [0, 0.1) is 0 Å². The van der Waals surface area contributed by atoms with Gasteiger partial charge in [-0.2, -0.15) is 4.79 Å². The summed E-state index contributed by atoms with van der Waals surface area (Å²) in [5.41, 5.74) is -0.648. The normalized spacial score (nSPS) is 10.6. The van der Waals surface area contributed by atoms with Gasteiger partial charge in [-0.1, -0.05) is 12.1 Å². The lowest BCUT2D eigenvalue weighted by molar-refractivity contribution is 0.576. The maximum atomic E-state index is 11.6. The molecule has 0 amide bonds. The fourth-order valence-electron chi connectivity index (χ4n) is 1.39. The molecule has 0 atom stereocenters. The highest BCUT2D eigenvalue weighted by molar-refractivity contribution is 5.80. The number of fused-ring (bicyclic) bond motifs is 1. The summed E-state index contributed by atoms with van der Waals surface area (Å²) in [5, 5.41) is 0.736. The second-order valence-corrected chi connectivity index (χ2v) is 3.02. The smallest absolute Gasteiger partial charge is 0.292 e. The van der Waals surface area contributed by atoms with Gasteiger partial charge in [-0.05, 0) is 12.1 Å². The Bertz CT molecular complexity index is 555. The van der Waals surface area contributed by atoms with Gasteiger partial charge in [0, 0.05) is 7.05 Å².